The van der Waals surface area contributed by atoms with Crippen molar-refractivity contribution in [3.05, 3.63) is 67.0 Å². The van der Waals surface area contributed by atoms with Gasteiger partial charge in [-0.2, -0.15) is 5.10 Å². The molecule has 0 fully saturated rings. The van der Waals surface area contributed by atoms with Crippen LogP contribution in [0.25, 0.3) is 56.0 Å². The second-order valence-electron chi connectivity index (χ2n) is 7.65. The molecule has 5 aromatic heterocycles. The normalized spacial score (nSPS) is 11.4. The largest absolute Gasteiger partial charge is 0.508 e. The van der Waals surface area contributed by atoms with E-state index < -0.39 is 5.82 Å². The van der Waals surface area contributed by atoms with E-state index in [0.717, 1.165) is 17.1 Å². The molecule has 0 aliphatic heterocycles. The van der Waals surface area contributed by atoms with Crippen LogP contribution in [-0.4, -0.2) is 47.3 Å². The summed E-state index contributed by atoms with van der Waals surface area (Å²) in [5.74, 6) is 0.381. The number of methoxy groups -OCH3 is 1. The molecule has 6 aromatic rings. The molecule has 0 bridgehead atoms. The van der Waals surface area contributed by atoms with E-state index in [-0.39, 0.29) is 5.75 Å². The molecule has 10 heteroatoms. The number of aromatic amines is 2. The summed E-state index contributed by atoms with van der Waals surface area (Å²) in [6, 6.07) is 9.45. The molecular formula is C24H16FN7O2. The summed E-state index contributed by atoms with van der Waals surface area (Å²) in [6.07, 6.45) is 6.55. The molecule has 6 rings (SSSR count). The van der Waals surface area contributed by atoms with E-state index in [9.17, 15) is 9.50 Å². The second kappa shape index (κ2) is 7.62. The number of rotatable bonds is 4. The number of nitrogens with one attached hydrogen (secondary N) is 2. The third-order valence-electron chi connectivity index (χ3n) is 5.46. The first-order valence-electron chi connectivity index (χ1n) is 10.3. The lowest BCUT2D eigenvalue weighted by atomic mass is 10.1. The Balaban J connectivity index is 1.49. The van der Waals surface area contributed by atoms with Crippen molar-refractivity contribution in [1.82, 2.24) is 35.1 Å². The standard InChI is InChI=1S/C24H16FN7O2/c1-34-16-6-13(8-26-9-16)18-2-3-19-22(28-18)23(32-31-19)24-29-20-11-27-10-17(21(20)30-24)12-4-14(25)7-15(33)5-12/h2-11,33H,1H3,(H,29,30)(H,31,32). The molecule has 0 amide bonds. The Hall–Kier alpha value is -4.86. The van der Waals surface area contributed by atoms with Gasteiger partial charge in [0.2, 0.25) is 0 Å². The highest BCUT2D eigenvalue weighted by molar-refractivity contribution is 5.95. The van der Waals surface area contributed by atoms with Crippen LogP contribution in [0.4, 0.5) is 4.39 Å². The molecule has 0 saturated heterocycles. The van der Waals surface area contributed by atoms with Crippen LogP contribution in [-0.2, 0) is 0 Å². The number of H-pyrrole nitrogens is 2. The van der Waals surface area contributed by atoms with Gasteiger partial charge >= 0.3 is 0 Å². The summed E-state index contributed by atoms with van der Waals surface area (Å²) in [6.45, 7) is 0. The number of aromatic hydroxyl groups is 1. The number of benzene rings is 1. The molecule has 34 heavy (non-hydrogen) atoms. The van der Waals surface area contributed by atoms with Gasteiger partial charge < -0.3 is 14.8 Å². The first kappa shape index (κ1) is 19.8. The summed E-state index contributed by atoms with van der Waals surface area (Å²) in [7, 11) is 1.58. The summed E-state index contributed by atoms with van der Waals surface area (Å²) in [5, 5.41) is 17.2. The molecule has 3 N–H and O–H groups in total. The maximum atomic E-state index is 13.9. The van der Waals surface area contributed by atoms with Gasteiger partial charge in [0.25, 0.3) is 0 Å². The van der Waals surface area contributed by atoms with Crippen molar-refractivity contribution in [2.24, 2.45) is 0 Å². The number of aromatic nitrogens is 7. The lowest BCUT2D eigenvalue weighted by Gasteiger charge is -2.04. The lowest BCUT2D eigenvalue weighted by molar-refractivity contribution is 0.413. The zero-order chi connectivity index (χ0) is 23.2. The SMILES string of the molecule is COc1cncc(-c2ccc3[nH]nc(-c4nc5c(-c6cc(O)cc(F)c6)cncc5[nH]4)c3n2)c1. The van der Waals surface area contributed by atoms with Crippen LogP contribution in [0.1, 0.15) is 0 Å². The minimum atomic E-state index is -0.551. The van der Waals surface area contributed by atoms with Crippen LogP contribution in [0.2, 0.25) is 0 Å². The zero-order valence-corrected chi connectivity index (χ0v) is 17.7. The molecular weight excluding hydrogens is 437 g/mol. The van der Waals surface area contributed by atoms with Crippen LogP contribution in [0.15, 0.2) is 61.2 Å². The molecule has 0 atom stereocenters. The molecule has 5 heterocycles. The molecule has 0 saturated carbocycles. The van der Waals surface area contributed by atoms with Crippen LogP contribution in [0, 0.1) is 5.82 Å². The topological polar surface area (TPSA) is 125 Å². The number of phenols is 1. The number of fused-ring (bicyclic) bond motifs is 2. The predicted octanol–water partition coefficient (Wildman–Crippen LogP) is 4.48. The highest BCUT2D eigenvalue weighted by atomic mass is 19.1. The van der Waals surface area contributed by atoms with E-state index in [1.807, 2.05) is 18.2 Å². The Labute approximate surface area is 191 Å². The lowest BCUT2D eigenvalue weighted by Crippen LogP contribution is -1.89. The van der Waals surface area contributed by atoms with E-state index in [2.05, 4.69) is 25.1 Å². The van der Waals surface area contributed by atoms with Crippen molar-refractivity contribution in [3.63, 3.8) is 0 Å². The van der Waals surface area contributed by atoms with E-state index in [1.165, 1.54) is 12.1 Å². The monoisotopic (exact) mass is 453 g/mol. The number of imidazole rings is 1. The molecule has 9 nitrogen and oxygen atoms in total. The molecule has 1 aromatic carbocycles. The smallest absolute Gasteiger partial charge is 0.161 e. The van der Waals surface area contributed by atoms with Crippen LogP contribution in [0.3, 0.4) is 0 Å². The number of nitrogens with zero attached hydrogens (tertiary/aromatic N) is 5. The van der Waals surface area contributed by atoms with Gasteiger partial charge in [-0.25, -0.2) is 14.4 Å². The van der Waals surface area contributed by atoms with Gasteiger partial charge in [0, 0.05) is 29.6 Å². The summed E-state index contributed by atoms with van der Waals surface area (Å²) < 4.78 is 19.2. The predicted molar refractivity (Wildman–Crippen MR) is 124 cm³/mol. The maximum Gasteiger partial charge on any atom is 0.161 e. The van der Waals surface area contributed by atoms with Crippen LogP contribution < -0.4 is 4.74 Å². The van der Waals surface area contributed by atoms with Crippen molar-refractivity contribution in [1.29, 1.82) is 0 Å². The second-order valence-corrected chi connectivity index (χ2v) is 7.65. The molecule has 166 valence electrons. The van der Waals surface area contributed by atoms with E-state index in [0.29, 0.717) is 50.6 Å². The van der Waals surface area contributed by atoms with Crippen molar-refractivity contribution >= 4 is 22.1 Å². The third kappa shape index (κ3) is 3.28. The molecule has 0 spiro atoms. The molecule has 0 unspecified atom stereocenters. The number of halogens is 1. The van der Waals surface area contributed by atoms with Gasteiger partial charge in [0.1, 0.15) is 22.8 Å². The van der Waals surface area contributed by atoms with Crippen molar-refractivity contribution in [2.75, 3.05) is 7.11 Å². The number of hydrogen-bond acceptors (Lipinski definition) is 7. The van der Waals surface area contributed by atoms with Crippen LogP contribution in [0.5, 0.6) is 11.5 Å². The number of phenolic OH excluding ortho intramolecular Hbond substituents is 1. The molecule has 0 radical (unpaired) electrons. The fraction of sp³-hybridized carbons (Fsp3) is 0.0417. The van der Waals surface area contributed by atoms with Gasteiger partial charge in [-0.05, 0) is 35.9 Å². The van der Waals surface area contributed by atoms with Gasteiger partial charge in [0.05, 0.1) is 41.7 Å². The Morgan fingerprint density at radius 3 is 2.62 bits per heavy atom. The zero-order valence-electron chi connectivity index (χ0n) is 17.7. The fourth-order valence-corrected chi connectivity index (χ4v) is 3.88. The van der Waals surface area contributed by atoms with Crippen molar-refractivity contribution < 1.29 is 14.2 Å². The Kier molecular flexibility index (Phi) is 4.44. The average Bonchev–Trinajstić information content (AvgIpc) is 3.46. The average molecular weight is 453 g/mol. The minimum Gasteiger partial charge on any atom is -0.508 e. The summed E-state index contributed by atoms with van der Waals surface area (Å²) in [5.41, 5.74) is 5.64. The molecule has 0 aliphatic carbocycles. The highest BCUT2D eigenvalue weighted by Crippen LogP contribution is 2.33. The number of ether oxygens (including phenoxy) is 1. The van der Waals surface area contributed by atoms with Gasteiger partial charge in [-0.3, -0.25) is 15.1 Å². The fourth-order valence-electron chi connectivity index (χ4n) is 3.88. The van der Waals surface area contributed by atoms with Gasteiger partial charge in [0.15, 0.2) is 11.5 Å². The van der Waals surface area contributed by atoms with Crippen LogP contribution >= 0.6 is 0 Å². The van der Waals surface area contributed by atoms with Gasteiger partial charge in [-0.1, -0.05) is 0 Å². The van der Waals surface area contributed by atoms with E-state index in [4.69, 9.17) is 14.7 Å². The Morgan fingerprint density at radius 1 is 0.882 bits per heavy atom. The maximum absolute atomic E-state index is 13.9. The summed E-state index contributed by atoms with van der Waals surface area (Å²) in [4.78, 5) is 21.2. The van der Waals surface area contributed by atoms with Crippen molar-refractivity contribution in [2.45, 2.75) is 0 Å². The Bertz CT molecular complexity index is 1670. The first-order valence-corrected chi connectivity index (χ1v) is 10.3. The first-order chi connectivity index (χ1) is 16.6. The minimum absolute atomic E-state index is 0.176. The Morgan fingerprint density at radius 2 is 1.76 bits per heavy atom. The molecule has 0 aliphatic rings. The highest BCUT2D eigenvalue weighted by Gasteiger charge is 2.18. The summed E-state index contributed by atoms with van der Waals surface area (Å²) >= 11 is 0. The third-order valence-corrected chi connectivity index (χ3v) is 5.46. The quantitative estimate of drug-likeness (QED) is 0.359. The number of hydrogen-bond donors (Lipinski definition) is 3. The van der Waals surface area contributed by atoms with E-state index in [1.54, 1.807) is 31.9 Å². The van der Waals surface area contributed by atoms with Gasteiger partial charge in [-0.15, -0.1) is 0 Å². The number of pyridine rings is 3. The van der Waals surface area contributed by atoms with E-state index >= 15 is 0 Å². The van der Waals surface area contributed by atoms with Crippen molar-refractivity contribution in [3.8, 4) is 45.4 Å².